The van der Waals surface area contributed by atoms with Crippen molar-refractivity contribution in [1.29, 1.82) is 0 Å². The molecule has 0 aliphatic heterocycles. The summed E-state index contributed by atoms with van der Waals surface area (Å²) in [5.74, 6) is -1.32. The van der Waals surface area contributed by atoms with Crippen LogP contribution >= 0.6 is 11.3 Å². The highest BCUT2D eigenvalue weighted by atomic mass is 32.1. The lowest BCUT2D eigenvalue weighted by molar-refractivity contribution is -0.385. The van der Waals surface area contributed by atoms with Crippen LogP contribution in [0.3, 0.4) is 0 Å². The molecule has 0 aliphatic carbocycles. The van der Waals surface area contributed by atoms with Gasteiger partial charge < -0.3 is 9.84 Å². The molecule has 0 radical (unpaired) electrons. The number of hydrogen-bond acceptors (Lipinski definition) is 6. The quantitative estimate of drug-likeness (QED) is 0.682. The average Bonchev–Trinajstić information content (AvgIpc) is 2.74. The Morgan fingerprint density at radius 1 is 1.53 bits per heavy atom. The zero-order chi connectivity index (χ0) is 14.0. The third-order valence-corrected chi connectivity index (χ3v) is 3.03. The number of nitrogens with zero attached hydrogens (tertiary/aromatic N) is 2. The van der Waals surface area contributed by atoms with Crippen molar-refractivity contribution in [2.45, 2.75) is 6.92 Å². The molecule has 1 N–H and O–H groups in total. The van der Waals surface area contributed by atoms with Crippen LogP contribution in [0, 0.1) is 17.0 Å². The number of aromatic carboxylic acids is 1. The van der Waals surface area contributed by atoms with Crippen molar-refractivity contribution in [1.82, 2.24) is 4.98 Å². The van der Waals surface area contributed by atoms with Gasteiger partial charge in [-0.15, -0.1) is 0 Å². The van der Waals surface area contributed by atoms with Crippen LogP contribution < -0.4 is 4.74 Å². The van der Waals surface area contributed by atoms with Crippen molar-refractivity contribution in [2.24, 2.45) is 0 Å². The summed E-state index contributed by atoms with van der Waals surface area (Å²) in [4.78, 5) is 25.1. The number of benzene rings is 1. The first-order valence-electron chi connectivity index (χ1n) is 5.09. The normalized spacial score (nSPS) is 10.2. The van der Waals surface area contributed by atoms with Crippen LogP contribution in [0.2, 0.25) is 0 Å². The van der Waals surface area contributed by atoms with Crippen molar-refractivity contribution in [3.05, 3.63) is 45.0 Å². The van der Waals surface area contributed by atoms with E-state index in [1.54, 1.807) is 12.3 Å². The molecule has 0 fully saturated rings. The third-order valence-electron chi connectivity index (χ3n) is 2.20. The summed E-state index contributed by atoms with van der Waals surface area (Å²) in [6.45, 7) is 1.76. The summed E-state index contributed by atoms with van der Waals surface area (Å²) in [7, 11) is 0. The Labute approximate surface area is 111 Å². The molecule has 0 unspecified atom stereocenters. The fourth-order valence-electron chi connectivity index (χ4n) is 1.35. The number of aromatic nitrogens is 1. The van der Waals surface area contributed by atoms with Crippen LogP contribution in [0.5, 0.6) is 10.9 Å². The van der Waals surface area contributed by atoms with Crippen molar-refractivity contribution in [3.63, 3.8) is 0 Å². The highest BCUT2D eigenvalue weighted by Gasteiger charge is 2.19. The Morgan fingerprint density at radius 3 is 2.79 bits per heavy atom. The van der Waals surface area contributed by atoms with Gasteiger partial charge in [0.25, 0.3) is 5.19 Å². The molecule has 2 rings (SSSR count). The number of nitro groups is 1. The summed E-state index contributed by atoms with van der Waals surface area (Å²) >= 11 is 1.18. The summed E-state index contributed by atoms with van der Waals surface area (Å²) < 4.78 is 5.28. The van der Waals surface area contributed by atoms with E-state index < -0.39 is 10.9 Å². The van der Waals surface area contributed by atoms with Crippen LogP contribution in [0.1, 0.15) is 16.1 Å². The second-order valence-electron chi connectivity index (χ2n) is 3.60. The van der Waals surface area contributed by atoms with Crippen LogP contribution in [-0.2, 0) is 0 Å². The van der Waals surface area contributed by atoms with E-state index in [1.807, 2.05) is 0 Å². The third kappa shape index (κ3) is 2.86. The number of thiazole rings is 1. The molecule has 1 aromatic heterocycles. The topological polar surface area (TPSA) is 103 Å². The zero-order valence-electron chi connectivity index (χ0n) is 9.69. The van der Waals surface area contributed by atoms with E-state index in [-0.39, 0.29) is 22.2 Å². The van der Waals surface area contributed by atoms with E-state index in [1.165, 1.54) is 11.3 Å². The predicted molar refractivity (Wildman–Crippen MR) is 67.0 cm³/mol. The maximum Gasteiger partial charge on any atom is 0.335 e. The van der Waals surface area contributed by atoms with Gasteiger partial charge >= 0.3 is 11.7 Å². The first kappa shape index (κ1) is 13.0. The molecule has 0 spiro atoms. The van der Waals surface area contributed by atoms with Gasteiger partial charge in [0.1, 0.15) is 0 Å². The van der Waals surface area contributed by atoms with Gasteiger partial charge in [-0.1, -0.05) is 11.3 Å². The minimum atomic E-state index is -1.19. The van der Waals surface area contributed by atoms with Crippen LogP contribution in [0.4, 0.5) is 5.69 Å². The standard InChI is InChI=1S/C11H8N2O5S/c1-6-5-19-11(12-6)18-9-4-7(10(14)15)2-3-8(9)13(16)17/h2-5H,1H3,(H,14,15). The van der Waals surface area contributed by atoms with Gasteiger partial charge in [-0.3, -0.25) is 10.1 Å². The Morgan fingerprint density at radius 2 is 2.26 bits per heavy atom. The predicted octanol–water partition coefficient (Wildman–Crippen LogP) is 2.85. The molecule has 0 saturated carbocycles. The molecule has 2 aromatic rings. The average molecular weight is 280 g/mol. The van der Waals surface area contributed by atoms with Gasteiger partial charge in [-0.2, -0.15) is 0 Å². The summed E-state index contributed by atoms with van der Waals surface area (Å²) in [6, 6.07) is 3.36. The largest absolute Gasteiger partial charge is 0.478 e. The summed E-state index contributed by atoms with van der Waals surface area (Å²) in [5, 5.41) is 21.7. The van der Waals surface area contributed by atoms with Gasteiger partial charge in [0.05, 0.1) is 16.2 Å². The lowest BCUT2D eigenvalue weighted by atomic mass is 10.2. The van der Waals surface area contributed by atoms with Crippen molar-refractivity contribution in [2.75, 3.05) is 0 Å². The minimum Gasteiger partial charge on any atom is -0.478 e. The van der Waals surface area contributed by atoms with Crippen LogP contribution in [0.25, 0.3) is 0 Å². The molecular weight excluding hydrogens is 272 g/mol. The van der Waals surface area contributed by atoms with Crippen molar-refractivity contribution >= 4 is 23.0 Å². The molecule has 0 bridgehead atoms. The van der Waals surface area contributed by atoms with Gasteiger partial charge in [-0.25, -0.2) is 9.78 Å². The number of carboxylic acid groups (broad SMARTS) is 1. The number of hydrogen-bond donors (Lipinski definition) is 1. The highest BCUT2D eigenvalue weighted by Crippen LogP contribution is 2.33. The van der Waals surface area contributed by atoms with Crippen molar-refractivity contribution in [3.8, 4) is 10.9 Å². The molecule has 0 atom stereocenters. The minimum absolute atomic E-state index is 0.0890. The first-order valence-corrected chi connectivity index (χ1v) is 5.97. The van der Waals surface area contributed by atoms with E-state index in [0.717, 1.165) is 23.9 Å². The van der Waals surface area contributed by atoms with Gasteiger partial charge in [-0.05, 0) is 13.0 Å². The summed E-state index contributed by atoms with van der Waals surface area (Å²) in [6.07, 6.45) is 0. The number of carboxylic acids is 1. The highest BCUT2D eigenvalue weighted by molar-refractivity contribution is 7.11. The number of ether oxygens (including phenoxy) is 1. The second-order valence-corrected chi connectivity index (χ2v) is 4.42. The van der Waals surface area contributed by atoms with E-state index in [9.17, 15) is 14.9 Å². The van der Waals surface area contributed by atoms with Gasteiger partial charge in [0.15, 0.2) is 0 Å². The SMILES string of the molecule is Cc1csc(Oc2cc(C(=O)O)ccc2[N+](=O)[O-])n1. The maximum atomic E-state index is 10.9. The Balaban J connectivity index is 2.42. The number of carbonyl (C=O) groups is 1. The molecule has 1 aromatic carbocycles. The fourth-order valence-corrected chi connectivity index (χ4v) is 2.01. The second kappa shape index (κ2) is 5.02. The van der Waals surface area contributed by atoms with Gasteiger partial charge in [0.2, 0.25) is 5.75 Å². The molecule has 19 heavy (non-hydrogen) atoms. The Hall–Kier alpha value is -2.48. The molecule has 8 heteroatoms. The molecule has 0 amide bonds. The number of rotatable bonds is 4. The Bertz CT molecular complexity index is 652. The van der Waals surface area contributed by atoms with Gasteiger partial charge in [0, 0.05) is 17.5 Å². The summed E-state index contributed by atoms with van der Waals surface area (Å²) in [5.41, 5.74) is 0.323. The number of nitro benzene ring substituents is 1. The lowest BCUT2D eigenvalue weighted by Gasteiger charge is -2.04. The van der Waals surface area contributed by atoms with E-state index in [2.05, 4.69) is 4.98 Å². The molecule has 1 heterocycles. The maximum absolute atomic E-state index is 10.9. The van der Waals surface area contributed by atoms with Crippen molar-refractivity contribution < 1.29 is 19.6 Å². The van der Waals surface area contributed by atoms with Crippen LogP contribution in [-0.4, -0.2) is 21.0 Å². The number of aryl methyl sites for hydroxylation is 1. The van der Waals surface area contributed by atoms with Crippen LogP contribution in [0.15, 0.2) is 23.6 Å². The molecule has 7 nitrogen and oxygen atoms in total. The smallest absolute Gasteiger partial charge is 0.335 e. The monoisotopic (exact) mass is 280 g/mol. The molecule has 0 saturated heterocycles. The van der Waals surface area contributed by atoms with E-state index >= 15 is 0 Å². The molecule has 0 aliphatic rings. The Kier molecular flexibility index (Phi) is 3.43. The van der Waals surface area contributed by atoms with E-state index in [0.29, 0.717) is 0 Å². The molecular formula is C11H8N2O5S. The molecule has 98 valence electrons. The lowest BCUT2D eigenvalue weighted by Crippen LogP contribution is -1.99. The first-order chi connectivity index (χ1) is 8.97. The fraction of sp³-hybridized carbons (Fsp3) is 0.0909. The van der Waals surface area contributed by atoms with E-state index in [4.69, 9.17) is 9.84 Å². The zero-order valence-corrected chi connectivity index (χ0v) is 10.5.